The van der Waals surface area contributed by atoms with Crippen molar-refractivity contribution in [3.63, 3.8) is 0 Å². The highest BCUT2D eigenvalue weighted by Gasteiger charge is 2.30. The average molecular weight is 380 g/mol. The summed E-state index contributed by atoms with van der Waals surface area (Å²) in [6.45, 7) is 0. The van der Waals surface area contributed by atoms with Gasteiger partial charge in [-0.2, -0.15) is 13.2 Å². The highest BCUT2D eigenvalue weighted by molar-refractivity contribution is 7.98. The van der Waals surface area contributed by atoms with Gasteiger partial charge in [-0.25, -0.2) is 9.37 Å². The Morgan fingerprint density at radius 1 is 1.08 bits per heavy atom. The van der Waals surface area contributed by atoms with Crippen LogP contribution in [0.5, 0.6) is 0 Å². The van der Waals surface area contributed by atoms with Crippen molar-refractivity contribution >= 4 is 11.8 Å². The molecule has 0 unspecified atom stereocenters. The molecule has 0 amide bonds. The molecule has 0 spiro atoms. The first-order chi connectivity index (χ1) is 12.3. The maximum Gasteiger partial charge on any atom is 0.416 e. The number of hydrogen-bond acceptors (Lipinski definition) is 3. The van der Waals surface area contributed by atoms with Crippen molar-refractivity contribution in [2.24, 2.45) is 0 Å². The Labute approximate surface area is 150 Å². The molecule has 0 bridgehead atoms. The van der Waals surface area contributed by atoms with Gasteiger partial charge >= 0.3 is 6.18 Å². The summed E-state index contributed by atoms with van der Waals surface area (Å²) in [6.07, 6.45) is -1.62. The molecule has 0 aliphatic carbocycles. The van der Waals surface area contributed by atoms with Crippen molar-refractivity contribution in [3.05, 3.63) is 88.2 Å². The van der Waals surface area contributed by atoms with E-state index in [1.807, 2.05) is 0 Å². The van der Waals surface area contributed by atoms with E-state index in [0.717, 1.165) is 23.9 Å². The fourth-order valence-electron chi connectivity index (χ4n) is 2.31. The standard InChI is InChI=1S/C18H12F4N2OS/c19-14-5-2-6-15(10-14)24-8-7-23-16(17(24)25)26-11-12-3-1-4-13(9-12)18(20,21)22/h1-10H,11H2. The van der Waals surface area contributed by atoms with Gasteiger partial charge in [0.25, 0.3) is 5.56 Å². The van der Waals surface area contributed by atoms with Gasteiger partial charge in [-0.05, 0) is 29.8 Å². The summed E-state index contributed by atoms with van der Waals surface area (Å²) in [4.78, 5) is 16.5. The minimum atomic E-state index is -4.42. The van der Waals surface area contributed by atoms with Crippen LogP contribution in [0.2, 0.25) is 0 Å². The summed E-state index contributed by atoms with van der Waals surface area (Å²) in [5, 5.41) is 0.120. The molecule has 0 radical (unpaired) electrons. The van der Waals surface area contributed by atoms with Crippen molar-refractivity contribution in [3.8, 4) is 5.69 Å². The van der Waals surface area contributed by atoms with Crippen LogP contribution >= 0.6 is 11.8 Å². The van der Waals surface area contributed by atoms with Gasteiger partial charge in [-0.1, -0.05) is 36.0 Å². The Morgan fingerprint density at radius 2 is 1.85 bits per heavy atom. The molecular weight excluding hydrogens is 368 g/mol. The normalized spacial score (nSPS) is 11.5. The molecule has 0 N–H and O–H groups in total. The molecule has 0 atom stereocenters. The number of hydrogen-bond donors (Lipinski definition) is 0. The number of alkyl halides is 3. The van der Waals surface area contributed by atoms with E-state index in [1.165, 1.54) is 41.2 Å². The lowest BCUT2D eigenvalue weighted by Gasteiger charge is -2.09. The van der Waals surface area contributed by atoms with Crippen LogP contribution in [0, 0.1) is 5.82 Å². The summed E-state index contributed by atoms with van der Waals surface area (Å²) in [6, 6.07) is 10.4. The zero-order chi connectivity index (χ0) is 18.7. The first-order valence-corrected chi connectivity index (χ1v) is 8.46. The molecule has 3 nitrogen and oxygen atoms in total. The SMILES string of the molecule is O=c1c(SCc2cccc(C(F)(F)F)c2)nccn1-c1cccc(F)c1. The Bertz CT molecular complexity index is 985. The monoisotopic (exact) mass is 380 g/mol. The molecule has 1 heterocycles. The van der Waals surface area contributed by atoms with Crippen LogP contribution in [0.4, 0.5) is 17.6 Å². The molecule has 0 fully saturated rings. The zero-order valence-corrected chi connectivity index (χ0v) is 14.0. The summed E-state index contributed by atoms with van der Waals surface area (Å²) in [5.74, 6) is -0.330. The number of halogens is 4. The molecule has 3 rings (SSSR count). The second-order valence-electron chi connectivity index (χ2n) is 5.37. The third-order valence-corrected chi connectivity index (χ3v) is 4.56. The predicted molar refractivity (Wildman–Crippen MR) is 90.8 cm³/mol. The molecule has 1 aromatic heterocycles. The highest BCUT2D eigenvalue weighted by Crippen LogP contribution is 2.30. The van der Waals surface area contributed by atoms with Crippen LogP contribution in [0.25, 0.3) is 5.69 Å². The first kappa shape index (κ1) is 18.2. The van der Waals surface area contributed by atoms with E-state index in [9.17, 15) is 22.4 Å². The molecular formula is C18H12F4N2OS. The van der Waals surface area contributed by atoms with E-state index in [1.54, 1.807) is 12.1 Å². The average Bonchev–Trinajstić information content (AvgIpc) is 2.60. The van der Waals surface area contributed by atoms with Crippen molar-refractivity contribution in [1.82, 2.24) is 9.55 Å². The number of thioether (sulfide) groups is 1. The predicted octanol–water partition coefficient (Wildman–Crippen LogP) is 4.68. The summed E-state index contributed by atoms with van der Waals surface area (Å²) >= 11 is 1.03. The second-order valence-corrected chi connectivity index (χ2v) is 6.34. The fraction of sp³-hybridized carbons (Fsp3) is 0.111. The summed E-state index contributed by atoms with van der Waals surface area (Å²) in [5.41, 5.74) is -0.436. The van der Waals surface area contributed by atoms with E-state index in [4.69, 9.17) is 0 Å². The Balaban J connectivity index is 1.84. The van der Waals surface area contributed by atoms with Crippen molar-refractivity contribution in [2.75, 3.05) is 0 Å². The van der Waals surface area contributed by atoms with Gasteiger partial charge in [0.15, 0.2) is 5.03 Å². The third-order valence-electron chi connectivity index (χ3n) is 3.53. The molecule has 0 saturated carbocycles. The topological polar surface area (TPSA) is 34.9 Å². The van der Waals surface area contributed by atoms with Gasteiger partial charge in [0.05, 0.1) is 11.3 Å². The quantitative estimate of drug-likeness (QED) is 0.487. The Kier molecular flexibility index (Phi) is 5.13. The van der Waals surface area contributed by atoms with Gasteiger partial charge in [-0.15, -0.1) is 0 Å². The second kappa shape index (κ2) is 7.33. The smallest absolute Gasteiger partial charge is 0.280 e. The van der Waals surface area contributed by atoms with E-state index in [0.29, 0.717) is 11.3 Å². The first-order valence-electron chi connectivity index (χ1n) is 7.47. The zero-order valence-electron chi connectivity index (χ0n) is 13.2. The van der Waals surface area contributed by atoms with Crippen LogP contribution in [-0.4, -0.2) is 9.55 Å². The van der Waals surface area contributed by atoms with Gasteiger partial charge in [0.1, 0.15) is 5.82 Å². The molecule has 0 saturated heterocycles. The number of aromatic nitrogens is 2. The minimum Gasteiger partial charge on any atom is -0.280 e. The minimum absolute atomic E-state index is 0.120. The Morgan fingerprint density at radius 3 is 2.58 bits per heavy atom. The Hall–Kier alpha value is -2.61. The largest absolute Gasteiger partial charge is 0.416 e. The van der Waals surface area contributed by atoms with Crippen molar-refractivity contribution in [2.45, 2.75) is 17.0 Å². The van der Waals surface area contributed by atoms with Crippen LogP contribution in [-0.2, 0) is 11.9 Å². The van der Waals surface area contributed by atoms with Gasteiger partial charge in [-0.3, -0.25) is 9.36 Å². The molecule has 2 aromatic carbocycles. The van der Waals surface area contributed by atoms with Crippen LogP contribution < -0.4 is 5.56 Å². The van der Waals surface area contributed by atoms with E-state index >= 15 is 0 Å². The van der Waals surface area contributed by atoms with Crippen molar-refractivity contribution < 1.29 is 17.6 Å². The summed E-state index contributed by atoms with van der Waals surface area (Å²) < 4.78 is 52.9. The third kappa shape index (κ3) is 4.13. The van der Waals surface area contributed by atoms with Crippen LogP contribution in [0.3, 0.4) is 0 Å². The van der Waals surface area contributed by atoms with Gasteiger partial charge in [0.2, 0.25) is 0 Å². The van der Waals surface area contributed by atoms with Crippen LogP contribution in [0.15, 0.2) is 70.7 Å². The van der Waals surface area contributed by atoms with E-state index in [-0.39, 0.29) is 10.8 Å². The van der Waals surface area contributed by atoms with Crippen LogP contribution in [0.1, 0.15) is 11.1 Å². The fourth-order valence-corrected chi connectivity index (χ4v) is 3.15. The van der Waals surface area contributed by atoms with Gasteiger partial charge in [0, 0.05) is 18.1 Å². The molecule has 0 aliphatic heterocycles. The van der Waals surface area contributed by atoms with E-state index in [2.05, 4.69) is 4.98 Å². The maximum absolute atomic E-state index is 13.4. The van der Waals surface area contributed by atoms with E-state index < -0.39 is 23.1 Å². The molecule has 3 aromatic rings. The lowest BCUT2D eigenvalue weighted by molar-refractivity contribution is -0.137. The number of rotatable bonds is 4. The van der Waals surface area contributed by atoms with Crippen molar-refractivity contribution in [1.29, 1.82) is 0 Å². The molecule has 0 aliphatic rings. The molecule has 26 heavy (non-hydrogen) atoms. The van der Waals surface area contributed by atoms with Gasteiger partial charge < -0.3 is 0 Å². The maximum atomic E-state index is 13.4. The lowest BCUT2D eigenvalue weighted by atomic mass is 10.1. The lowest BCUT2D eigenvalue weighted by Crippen LogP contribution is -2.20. The molecule has 134 valence electrons. The molecule has 8 heteroatoms. The number of nitrogens with zero attached hydrogens (tertiary/aromatic N) is 2. The summed E-state index contributed by atoms with van der Waals surface area (Å²) in [7, 11) is 0. The highest BCUT2D eigenvalue weighted by atomic mass is 32.2. The number of benzene rings is 2.